The van der Waals surface area contributed by atoms with Crippen LogP contribution in [-0.2, 0) is 20.9 Å². The van der Waals surface area contributed by atoms with Gasteiger partial charge in [-0.2, -0.15) is 13.8 Å². The molecule has 0 spiro atoms. The van der Waals surface area contributed by atoms with Crippen molar-refractivity contribution in [1.82, 2.24) is 20.2 Å². The van der Waals surface area contributed by atoms with E-state index >= 15 is 8.78 Å². The number of ether oxygens (including phenoxy) is 3. The second-order valence-electron chi connectivity index (χ2n) is 14.2. The highest BCUT2D eigenvalue weighted by Gasteiger charge is 2.50. The molecule has 53 heavy (non-hydrogen) atoms. The lowest BCUT2D eigenvalue weighted by Gasteiger charge is -2.37. The number of Topliss-reactive ketones (excluding diaryl/α,β-unsaturated/α-hetero) is 1. The third-order valence-electron chi connectivity index (χ3n) is 10.9. The lowest BCUT2D eigenvalue weighted by molar-refractivity contribution is -0.140. The van der Waals surface area contributed by atoms with Crippen LogP contribution in [-0.4, -0.2) is 104 Å². The van der Waals surface area contributed by atoms with E-state index in [9.17, 15) is 14.4 Å². The van der Waals surface area contributed by atoms with E-state index in [-0.39, 0.29) is 72.5 Å². The molecule has 3 aromatic rings. The van der Waals surface area contributed by atoms with Gasteiger partial charge in [0.1, 0.15) is 18.0 Å². The number of alkyl halides is 2. The maximum atomic E-state index is 15.0. The van der Waals surface area contributed by atoms with Gasteiger partial charge in [0, 0.05) is 63.3 Å². The molecule has 3 unspecified atom stereocenters. The molecular formula is C38H45F2N7O6. The normalized spacial score (nSPS) is 24.0. The van der Waals surface area contributed by atoms with E-state index in [2.05, 4.69) is 20.6 Å². The van der Waals surface area contributed by atoms with Crippen molar-refractivity contribution in [2.24, 2.45) is 5.92 Å². The Morgan fingerprint density at radius 1 is 1.08 bits per heavy atom. The number of halogens is 2. The maximum absolute atomic E-state index is 15.0. The van der Waals surface area contributed by atoms with Gasteiger partial charge in [-0.05, 0) is 43.0 Å². The number of fused-ring (bicyclic) bond motifs is 1. The molecule has 2 amide bonds. The summed E-state index contributed by atoms with van der Waals surface area (Å²) in [6.45, 7) is 0.432. The molecule has 2 N–H and O–H groups in total. The predicted molar refractivity (Wildman–Crippen MR) is 193 cm³/mol. The van der Waals surface area contributed by atoms with Gasteiger partial charge in [0.25, 0.3) is 5.91 Å². The molecule has 15 heteroatoms. The van der Waals surface area contributed by atoms with Crippen LogP contribution in [0.3, 0.4) is 0 Å². The Balaban J connectivity index is 1.00. The molecule has 1 aromatic heterocycles. The number of anilines is 4. The second-order valence-corrected chi connectivity index (χ2v) is 14.2. The summed E-state index contributed by atoms with van der Waals surface area (Å²) in [7, 11) is 4.47. The summed E-state index contributed by atoms with van der Waals surface area (Å²) in [6.07, 6.45) is 5.16. The fourth-order valence-corrected chi connectivity index (χ4v) is 7.88. The van der Waals surface area contributed by atoms with Crippen molar-refractivity contribution in [2.75, 3.05) is 56.0 Å². The Labute approximate surface area is 307 Å². The molecule has 0 radical (unpaired) electrons. The third kappa shape index (κ3) is 7.77. The molecule has 2 saturated heterocycles. The van der Waals surface area contributed by atoms with E-state index in [1.807, 2.05) is 30.3 Å². The summed E-state index contributed by atoms with van der Waals surface area (Å²) in [4.78, 5) is 52.2. The van der Waals surface area contributed by atoms with Crippen molar-refractivity contribution < 1.29 is 37.4 Å². The zero-order chi connectivity index (χ0) is 37.3. The molecule has 1 saturated carbocycles. The highest BCUT2D eigenvalue weighted by Crippen LogP contribution is 2.40. The number of likely N-dealkylation sites (tertiary alicyclic amines) is 1. The fourth-order valence-electron chi connectivity index (χ4n) is 7.88. The summed E-state index contributed by atoms with van der Waals surface area (Å²) < 4.78 is 47.0. The number of piperidine rings is 1. The molecule has 1 aliphatic carbocycles. The summed E-state index contributed by atoms with van der Waals surface area (Å²) in [5.74, 6) is -4.19. The summed E-state index contributed by atoms with van der Waals surface area (Å²) in [5, 5.41) is 6.56. The van der Waals surface area contributed by atoms with Gasteiger partial charge in [-0.3, -0.25) is 9.59 Å². The van der Waals surface area contributed by atoms with E-state index in [0.29, 0.717) is 36.5 Å². The lowest BCUT2D eigenvalue weighted by atomic mass is 9.89. The summed E-state index contributed by atoms with van der Waals surface area (Å²) in [6, 6.07) is 14.3. The number of methoxy groups -OCH3 is 2. The first-order valence-electron chi connectivity index (χ1n) is 18.1. The number of hydrogen-bond donors (Lipinski definition) is 2. The van der Waals surface area contributed by atoms with Crippen molar-refractivity contribution in [3.63, 3.8) is 0 Å². The highest BCUT2D eigenvalue weighted by molar-refractivity contribution is 6.02. The van der Waals surface area contributed by atoms with Gasteiger partial charge >= 0.3 is 12.0 Å². The SMILES string of the molecule is COc1cc(C(=O)CC2NC2C2CN(C(=O)OCc3ccccc3)CC[C@@H]2OC)ccc1Nc1ncc2c(n1)N(C1CCCC1)CC(F)(F)C(=O)N2C. The Bertz CT molecular complexity index is 1830. The predicted octanol–water partition coefficient (Wildman–Crippen LogP) is 5.18. The first-order valence-corrected chi connectivity index (χ1v) is 18.1. The third-order valence-corrected chi connectivity index (χ3v) is 10.9. The number of carbonyl (C=O) groups excluding carboxylic acids is 3. The van der Waals surface area contributed by atoms with E-state index < -0.39 is 18.4 Å². The Kier molecular flexibility index (Phi) is 10.5. The molecule has 2 aromatic carbocycles. The van der Waals surface area contributed by atoms with Crippen molar-refractivity contribution in [2.45, 2.75) is 75.3 Å². The molecule has 4 atom stereocenters. The van der Waals surface area contributed by atoms with Gasteiger partial charge in [0.15, 0.2) is 11.6 Å². The molecular weight excluding hydrogens is 688 g/mol. The van der Waals surface area contributed by atoms with Crippen LogP contribution < -0.4 is 25.2 Å². The van der Waals surface area contributed by atoms with Crippen LogP contribution in [0.5, 0.6) is 5.75 Å². The fraction of sp³-hybridized carbons (Fsp3) is 0.500. The second kappa shape index (κ2) is 15.2. The van der Waals surface area contributed by atoms with Gasteiger partial charge in [0.05, 0.1) is 31.6 Å². The monoisotopic (exact) mass is 733 g/mol. The Morgan fingerprint density at radius 2 is 1.85 bits per heavy atom. The van der Waals surface area contributed by atoms with Crippen LogP contribution >= 0.6 is 0 Å². The number of nitrogens with zero attached hydrogens (tertiary/aromatic N) is 5. The van der Waals surface area contributed by atoms with Crippen molar-refractivity contribution >= 4 is 40.9 Å². The number of aromatic nitrogens is 2. The topological polar surface area (TPSA) is 148 Å². The smallest absolute Gasteiger partial charge is 0.410 e. The minimum atomic E-state index is -3.58. The first kappa shape index (κ1) is 36.5. The van der Waals surface area contributed by atoms with E-state index in [0.717, 1.165) is 36.1 Å². The molecule has 3 aliphatic heterocycles. The van der Waals surface area contributed by atoms with Gasteiger partial charge < -0.3 is 39.5 Å². The zero-order valence-electron chi connectivity index (χ0n) is 30.1. The number of benzene rings is 2. The van der Waals surface area contributed by atoms with E-state index in [1.54, 1.807) is 35.1 Å². The lowest BCUT2D eigenvalue weighted by Crippen LogP contribution is -2.49. The van der Waals surface area contributed by atoms with Gasteiger partial charge in [-0.25, -0.2) is 9.78 Å². The largest absolute Gasteiger partial charge is 0.495 e. The average molecular weight is 734 g/mol. The standard InChI is InChI=1S/C38H45F2N7O6/c1-45-29-19-41-36(44-34(29)47(25-11-7-8-12-25)22-38(39,40)35(45)49)43-27-14-13-24(17-32(27)52-3)30(48)18-28-33(42-28)26-20-46(16-15-31(26)51-2)37(50)53-21-23-9-5-4-6-10-23/h4-6,9-10,13-14,17,19,25-26,28,31,33,42H,7-8,11-12,15-16,18,20-22H2,1-3H3,(H,41,43,44)/t26?,28?,31-,33?/m0/s1. The zero-order valence-corrected chi connectivity index (χ0v) is 30.1. The number of rotatable bonds is 11. The van der Waals surface area contributed by atoms with Crippen molar-refractivity contribution in [3.8, 4) is 5.75 Å². The van der Waals surface area contributed by atoms with E-state index in [1.165, 1.54) is 20.4 Å². The van der Waals surface area contributed by atoms with Crippen LogP contribution in [0, 0.1) is 5.92 Å². The summed E-state index contributed by atoms with van der Waals surface area (Å²) in [5.41, 5.74) is 2.06. The molecule has 7 rings (SSSR count). The van der Waals surface area contributed by atoms with Crippen LogP contribution in [0.1, 0.15) is 54.4 Å². The number of ketones is 1. The number of carbonyl (C=O) groups is 3. The van der Waals surface area contributed by atoms with Crippen molar-refractivity contribution in [1.29, 1.82) is 0 Å². The molecule has 282 valence electrons. The van der Waals surface area contributed by atoms with Crippen LogP contribution in [0.25, 0.3) is 0 Å². The molecule has 13 nitrogen and oxygen atoms in total. The van der Waals surface area contributed by atoms with Gasteiger partial charge in [-0.1, -0.05) is 43.2 Å². The molecule has 0 bridgehead atoms. The minimum absolute atomic E-state index is 0.0000892. The van der Waals surface area contributed by atoms with E-state index in [4.69, 9.17) is 14.2 Å². The van der Waals surface area contributed by atoms with Gasteiger partial charge in [0.2, 0.25) is 5.95 Å². The highest BCUT2D eigenvalue weighted by atomic mass is 19.3. The van der Waals surface area contributed by atoms with Gasteiger partial charge in [-0.15, -0.1) is 0 Å². The Morgan fingerprint density at radius 3 is 2.58 bits per heavy atom. The minimum Gasteiger partial charge on any atom is -0.495 e. The average Bonchev–Trinajstić information content (AvgIpc) is 3.73. The summed E-state index contributed by atoms with van der Waals surface area (Å²) >= 11 is 0. The molecule has 4 heterocycles. The number of nitrogens with one attached hydrogen (secondary N) is 2. The van der Waals surface area contributed by atoms with Crippen LogP contribution in [0.4, 0.5) is 36.7 Å². The quantitative estimate of drug-likeness (QED) is 0.199. The van der Waals surface area contributed by atoms with Crippen LogP contribution in [0.2, 0.25) is 0 Å². The molecule has 3 fully saturated rings. The van der Waals surface area contributed by atoms with Crippen LogP contribution in [0.15, 0.2) is 54.7 Å². The molecule has 4 aliphatic rings. The maximum Gasteiger partial charge on any atom is 0.410 e. The number of amides is 2. The Hall–Kier alpha value is -4.89. The van der Waals surface area contributed by atoms with Crippen molar-refractivity contribution in [3.05, 3.63) is 65.9 Å². The first-order chi connectivity index (χ1) is 25.6. The number of hydrogen-bond acceptors (Lipinski definition) is 11.